The monoisotopic (exact) mass is 2670 g/mol. The van der Waals surface area contributed by atoms with Crippen molar-refractivity contribution < 1.29 is 105 Å². The van der Waals surface area contributed by atoms with Crippen LogP contribution in [0.15, 0.2) is 498 Å². The Balaban J connectivity index is 0.000000141. The minimum Gasteiger partial charge on any atom is -0.507 e. The Bertz CT molecular complexity index is 7930. The summed E-state index contributed by atoms with van der Waals surface area (Å²) in [7, 11) is 0. The van der Waals surface area contributed by atoms with Crippen LogP contribution in [-0.2, 0) is 84.3 Å². The summed E-state index contributed by atoms with van der Waals surface area (Å²) in [5, 5.41) is 53.9. The van der Waals surface area contributed by atoms with Crippen LogP contribution in [0.2, 0.25) is 0 Å². The first-order valence-electron chi connectivity index (χ1n) is 46.8. The summed E-state index contributed by atoms with van der Waals surface area (Å²) in [6.45, 7) is 0. The summed E-state index contributed by atoms with van der Waals surface area (Å²) >= 11 is 0. The van der Waals surface area contributed by atoms with E-state index in [2.05, 4.69) is 79.3 Å². The summed E-state index contributed by atoms with van der Waals surface area (Å²) < 4.78 is 0. The van der Waals surface area contributed by atoms with Crippen molar-refractivity contribution in [1.82, 2.24) is 70.2 Å². The second-order valence-electron chi connectivity index (χ2n) is 32.8. The molecule has 8 aromatic heterocycles. The van der Waals surface area contributed by atoms with Gasteiger partial charge in [-0.2, -0.15) is 5.10 Å². The molecule has 0 unspecified atom stereocenters. The molecule has 22 nitrogen and oxygen atoms in total. The average molecular weight is 2670 g/mol. The van der Waals surface area contributed by atoms with Gasteiger partial charge in [0.1, 0.15) is 52.1 Å². The molecule has 0 aliphatic rings. The van der Waals surface area contributed by atoms with Gasteiger partial charge in [0, 0.05) is 160 Å². The molecule has 8 heterocycles. The molecule has 150 heavy (non-hydrogen) atoms. The van der Waals surface area contributed by atoms with Crippen LogP contribution in [0, 0.1) is 24.3 Å². The second kappa shape index (κ2) is 51.3. The SMILES string of the molecule is Oc1ccccc1-c1cc(-c2ccccc2)nc(-c2[c-]c(N(c3ccccc3)c3ccccn3)ccc2)n1.Oc1ccccc1-c1nc(-c2[c-]c(N(c3ccccc3)c3ccccn3)ccc2)cc(-c2ccccc2)n1.Oc1ccccc1-c1nc(-c2[c-]c(N(c3ccccc3)c3ccccn3)ccc2)cnc1-c1ccccc1.Oc1ccccc1-c1nnnc(-c2[c-]c(N(c3ccccc3)c3ccccn3)ccc2)n1.[Pt].[Pt].[Pt].[Pt]. The molecule has 23 aromatic rings. The third kappa shape index (κ3) is 25.3. The number of phenolic OH excluding ortho intramolecular Hbond substituents is 4. The molecule has 26 heteroatoms. The minimum absolute atomic E-state index is 0. The first kappa shape index (κ1) is 105. The van der Waals surface area contributed by atoms with Crippen LogP contribution in [0.25, 0.3) is 124 Å². The van der Waals surface area contributed by atoms with Crippen LogP contribution >= 0.6 is 0 Å². The molecule has 740 valence electrons. The molecule has 0 radical (unpaired) electrons. The Kier molecular flexibility index (Phi) is 36.0. The van der Waals surface area contributed by atoms with E-state index in [1.54, 1.807) is 91.6 Å². The van der Waals surface area contributed by atoms with Gasteiger partial charge in [-0.3, -0.25) is 29.9 Å². The summed E-state index contributed by atoms with van der Waals surface area (Å²) in [5.41, 5.74) is 20.0. The number of hydrogen-bond donors (Lipinski definition) is 4. The largest absolute Gasteiger partial charge is 0.507 e. The zero-order valence-corrected chi connectivity index (χ0v) is 88.5. The van der Waals surface area contributed by atoms with Gasteiger partial charge in [-0.05, 0) is 191 Å². The molecule has 0 saturated carbocycles. The maximum Gasteiger partial charge on any atom is 0.180 e. The number of nitrogens with zero attached hydrogens (tertiary/aromatic N) is 18. The Morgan fingerprint density at radius 3 is 0.873 bits per heavy atom. The summed E-state index contributed by atoms with van der Waals surface area (Å²) in [6, 6.07) is 163. The molecular weight excluding hydrogens is 2590 g/mol. The Morgan fingerprint density at radius 1 is 0.193 bits per heavy atom. The average Bonchev–Trinajstić information content (AvgIpc) is 0.779. The van der Waals surface area contributed by atoms with Gasteiger partial charge in [0.2, 0.25) is 0 Å². The van der Waals surface area contributed by atoms with Crippen molar-refractivity contribution in [2.75, 3.05) is 19.6 Å². The smallest absolute Gasteiger partial charge is 0.180 e. The van der Waals surface area contributed by atoms with E-state index in [0.717, 1.165) is 114 Å². The van der Waals surface area contributed by atoms with Gasteiger partial charge in [-0.1, -0.05) is 248 Å². The van der Waals surface area contributed by atoms with E-state index < -0.39 is 0 Å². The number of anilines is 12. The van der Waals surface area contributed by atoms with Crippen molar-refractivity contribution >= 4 is 68.8 Å². The van der Waals surface area contributed by atoms with Crippen molar-refractivity contribution in [2.24, 2.45) is 0 Å². The van der Waals surface area contributed by atoms with Gasteiger partial charge in [-0.25, -0.2) is 24.9 Å². The molecule has 0 spiro atoms. The molecular formula is C124H86N18O4Pt4-4. The van der Waals surface area contributed by atoms with E-state index in [1.165, 1.54) is 0 Å². The van der Waals surface area contributed by atoms with Crippen LogP contribution in [-0.4, -0.2) is 90.7 Å². The zero-order chi connectivity index (χ0) is 99.0. The molecule has 15 aromatic carbocycles. The van der Waals surface area contributed by atoms with Gasteiger partial charge >= 0.3 is 0 Å². The number of phenols is 4. The van der Waals surface area contributed by atoms with Crippen LogP contribution in [0.3, 0.4) is 0 Å². The molecule has 0 bridgehead atoms. The molecule has 0 aliphatic heterocycles. The van der Waals surface area contributed by atoms with E-state index >= 15 is 0 Å². The van der Waals surface area contributed by atoms with Crippen molar-refractivity contribution in [1.29, 1.82) is 0 Å². The third-order valence-corrected chi connectivity index (χ3v) is 23.2. The Hall–Kier alpha value is -17.8. The summed E-state index contributed by atoms with van der Waals surface area (Å²) in [4.78, 5) is 60.3. The van der Waals surface area contributed by atoms with Gasteiger partial charge in [0.25, 0.3) is 0 Å². The van der Waals surface area contributed by atoms with Gasteiger partial charge in [-0.15, -0.1) is 124 Å². The Morgan fingerprint density at radius 2 is 0.487 bits per heavy atom. The number of pyridine rings is 4. The first-order valence-corrected chi connectivity index (χ1v) is 46.8. The van der Waals surface area contributed by atoms with E-state index in [9.17, 15) is 20.4 Å². The van der Waals surface area contributed by atoms with Gasteiger partial charge < -0.3 is 40.0 Å². The fourth-order valence-electron chi connectivity index (χ4n) is 16.3. The standard InChI is InChI=1S/3C33H23N4O.C25H17N6O.4Pt/c38-30-19-8-7-18-28(30)33-32(24-12-3-1-4-13-24)35-23-29(36-33)25-14-11-17-27(22-25)37(26-15-5-2-6-16-26)31-20-9-10-21-34-31;38-31-19-8-7-18-28(31)30-23-29(24-12-3-1-4-13-24)35-33(36-30)25-14-11-17-27(22-25)37(26-15-5-2-6-16-26)32-20-9-10-21-34-32;38-31-19-8-7-18-28(31)33-35-29(24-12-3-1-4-13-24)23-30(36-33)25-14-11-17-27(22-25)37(26-15-5-2-6-16-26)32-20-9-10-21-34-32;32-22-14-5-4-13-21(22)25-27-24(28-30-29-25)18-9-8-12-20(17-18)31(19-10-2-1-3-11-19)23-15-6-7-16-26-23;;;;/h3*1-21,23,38H;1-16,32H;;;;/q4*-1;;;;. The second-order valence-corrected chi connectivity index (χ2v) is 32.8. The number of rotatable bonds is 23. The molecule has 0 amide bonds. The maximum atomic E-state index is 10.7. The first-order chi connectivity index (χ1) is 72.1. The molecule has 0 atom stereocenters. The zero-order valence-electron chi connectivity index (χ0n) is 79.4. The van der Waals surface area contributed by atoms with Crippen LogP contribution in [0.1, 0.15) is 0 Å². The van der Waals surface area contributed by atoms with E-state index in [-0.39, 0.29) is 113 Å². The van der Waals surface area contributed by atoms with Gasteiger partial charge in [0.15, 0.2) is 11.6 Å². The normalized spacial score (nSPS) is 10.4. The number of hydrogen-bond acceptors (Lipinski definition) is 22. The van der Waals surface area contributed by atoms with Crippen LogP contribution in [0.4, 0.5) is 68.8 Å². The van der Waals surface area contributed by atoms with Crippen molar-refractivity contribution in [3.05, 3.63) is 522 Å². The van der Waals surface area contributed by atoms with E-state index in [0.29, 0.717) is 73.8 Å². The fraction of sp³-hybridized carbons (Fsp3) is 0. The molecule has 0 aliphatic carbocycles. The summed E-state index contributed by atoms with van der Waals surface area (Å²) in [6.07, 6.45) is 8.85. The minimum atomic E-state index is 0. The van der Waals surface area contributed by atoms with Crippen LogP contribution < -0.4 is 19.6 Å². The van der Waals surface area contributed by atoms with Crippen LogP contribution in [0.5, 0.6) is 23.0 Å². The predicted octanol–water partition coefficient (Wildman–Crippen LogP) is 28.5. The molecule has 0 fully saturated rings. The number of para-hydroxylation sites is 8. The fourth-order valence-corrected chi connectivity index (χ4v) is 16.3. The summed E-state index contributed by atoms with van der Waals surface area (Å²) in [5.74, 6) is 5.24. The number of aromatic nitrogens is 14. The topological polar surface area (TPSA) is 274 Å². The third-order valence-electron chi connectivity index (χ3n) is 23.2. The van der Waals surface area contributed by atoms with E-state index in [1.807, 2.05) is 411 Å². The molecule has 23 rings (SSSR count). The Labute approximate surface area is 924 Å². The van der Waals surface area contributed by atoms with Crippen molar-refractivity contribution in [3.8, 4) is 147 Å². The number of benzene rings is 15. The predicted molar refractivity (Wildman–Crippen MR) is 575 cm³/mol. The van der Waals surface area contributed by atoms with Crippen molar-refractivity contribution in [3.63, 3.8) is 0 Å². The molecule has 4 N–H and O–H groups in total. The van der Waals surface area contributed by atoms with Gasteiger partial charge in [0.05, 0.1) is 45.4 Å². The van der Waals surface area contributed by atoms with Crippen molar-refractivity contribution in [2.45, 2.75) is 0 Å². The number of aromatic hydroxyl groups is 4. The maximum absolute atomic E-state index is 10.7. The quantitative estimate of drug-likeness (QED) is 0.0433. The van der Waals surface area contributed by atoms with E-state index in [4.69, 9.17) is 29.9 Å². The molecule has 0 saturated heterocycles.